The van der Waals surface area contributed by atoms with Gasteiger partial charge in [0.1, 0.15) is 18.1 Å². The van der Waals surface area contributed by atoms with E-state index in [9.17, 15) is 29.4 Å². The van der Waals surface area contributed by atoms with Gasteiger partial charge >= 0.3 is 5.97 Å². The maximum Gasteiger partial charge on any atom is 0.326 e. The van der Waals surface area contributed by atoms with Crippen LogP contribution in [0.3, 0.4) is 0 Å². The molecule has 0 spiro atoms. The molecule has 5 unspecified atom stereocenters. The number of hydrogen-bond acceptors (Lipinski definition) is 6. The van der Waals surface area contributed by atoms with Crippen LogP contribution in [0.4, 0.5) is 0 Å². The second-order valence-electron chi connectivity index (χ2n) is 8.30. The zero-order chi connectivity index (χ0) is 24.4. The third-order valence-electron chi connectivity index (χ3n) is 4.71. The number of aliphatic hydroxyl groups is 1. The number of carboxylic acid groups (broad SMARTS) is 1. The third-order valence-corrected chi connectivity index (χ3v) is 4.71. The first kappa shape index (κ1) is 27.1. The molecule has 32 heavy (non-hydrogen) atoms. The minimum Gasteiger partial charge on any atom is -0.480 e. The average molecular weight is 451 g/mol. The second kappa shape index (κ2) is 12.8. The SMILES string of the molecule is CC(C)CC(NC(=O)C(Cc1ccccc1)NC(=O)C(NC(=O)C(C)N)C(C)O)C(=O)O. The summed E-state index contributed by atoms with van der Waals surface area (Å²) in [6, 6.07) is 4.37. The number of carbonyl (C=O) groups excluding carboxylic acids is 3. The molecular formula is C22H34N4O6. The van der Waals surface area contributed by atoms with Crippen molar-refractivity contribution in [3.05, 3.63) is 35.9 Å². The van der Waals surface area contributed by atoms with Gasteiger partial charge in [-0.3, -0.25) is 14.4 Å². The van der Waals surface area contributed by atoms with E-state index >= 15 is 0 Å². The Balaban J connectivity index is 3.08. The fourth-order valence-electron chi connectivity index (χ4n) is 2.98. The van der Waals surface area contributed by atoms with Crippen LogP contribution in [-0.2, 0) is 25.6 Å². The fraction of sp³-hybridized carbons (Fsp3) is 0.545. The number of nitrogens with two attached hydrogens (primary N) is 1. The van der Waals surface area contributed by atoms with Crippen LogP contribution < -0.4 is 21.7 Å². The molecule has 0 aliphatic carbocycles. The molecular weight excluding hydrogens is 416 g/mol. The molecule has 7 N–H and O–H groups in total. The monoisotopic (exact) mass is 450 g/mol. The Morgan fingerprint density at radius 3 is 1.91 bits per heavy atom. The molecule has 10 nitrogen and oxygen atoms in total. The van der Waals surface area contributed by atoms with Gasteiger partial charge in [0.2, 0.25) is 17.7 Å². The van der Waals surface area contributed by atoms with Crippen molar-refractivity contribution in [2.75, 3.05) is 0 Å². The van der Waals surface area contributed by atoms with Crippen molar-refractivity contribution in [2.45, 2.75) is 70.8 Å². The highest BCUT2D eigenvalue weighted by Crippen LogP contribution is 2.08. The molecule has 0 bridgehead atoms. The predicted molar refractivity (Wildman–Crippen MR) is 118 cm³/mol. The predicted octanol–water partition coefficient (Wildman–Crippen LogP) is -0.458. The van der Waals surface area contributed by atoms with Gasteiger partial charge < -0.3 is 31.9 Å². The summed E-state index contributed by atoms with van der Waals surface area (Å²) in [6.45, 7) is 6.42. The minimum absolute atomic E-state index is 0.0200. The van der Waals surface area contributed by atoms with Gasteiger partial charge in [-0.25, -0.2) is 4.79 Å². The van der Waals surface area contributed by atoms with Gasteiger partial charge in [0.05, 0.1) is 12.1 Å². The van der Waals surface area contributed by atoms with Gasteiger partial charge in [0.15, 0.2) is 0 Å². The highest BCUT2D eigenvalue weighted by Gasteiger charge is 2.32. The molecule has 1 aromatic rings. The Morgan fingerprint density at radius 2 is 1.44 bits per heavy atom. The Morgan fingerprint density at radius 1 is 0.875 bits per heavy atom. The van der Waals surface area contributed by atoms with Crippen LogP contribution in [-0.4, -0.2) is 64.2 Å². The van der Waals surface area contributed by atoms with Gasteiger partial charge in [0, 0.05) is 6.42 Å². The largest absolute Gasteiger partial charge is 0.480 e. The molecule has 10 heteroatoms. The van der Waals surface area contributed by atoms with Crippen molar-refractivity contribution in [2.24, 2.45) is 11.7 Å². The minimum atomic E-state index is -1.34. The smallest absolute Gasteiger partial charge is 0.326 e. The number of nitrogens with one attached hydrogen (secondary N) is 3. The molecule has 3 amide bonds. The number of benzene rings is 1. The summed E-state index contributed by atoms with van der Waals surface area (Å²) in [5.41, 5.74) is 6.25. The van der Waals surface area contributed by atoms with E-state index in [1.54, 1.807) is 30.3 Å². The van der Waals surface area contributed by atoms with Crippen molar-refractivity contribution in [1.29, 1.82) is 0 Å². The molecule has 0 heterocycles. The van der Waals surface area contributed by atoms with Crippen molar-refractivity contribution in [3.63, 3.8) is 0 Å². The van der Waals surface area contributed by atoms with E-state index in [2.05, 4.69) is 16.0 Å². The lowest BCUT2D eigenvalue weighted by molar-refractivity contribution is -0.143. The summed E-state index contributed by atoms with van der Waals surface area (Å²) in [5.74, 6) is -3.27. The quantitative estimate of drug-likeness (QED) is 0.250. The van der Waals surface area contributed by atoms with E-state index in [4.69, 9.17) is 5.73 Å². The molecule has 0 radical (unpaired) electrons. The van der Waals surface area contributed by atoms with Crippen LogP contribution in [0.1, 0.15) is 39.7 Å². The molecule has 1 aromatic carbocycles. The number of aliphatic carboxylic acids is 1. The van der Waals surface area contributed by atoms with Crippen molar-refractivity contribution < 1.29 is 29.4 Å². The summed E-state index contributed by atoms with van der Waals surface area (Å²) in [7, 11) is 0. The van der Waals surface area contributed by atoms with E-state index in [0.717, 1.165) is 5.56 Å². The van der Waals surface area contributed by atoms with Crippen LogP contribution in [0.25, 0.3) is 0 Å². The van der Waals surface area contributed by atoms with E-state index in [0.29, 0.717) is 0 Å². The standard InChI is InChI=1S/C22H34N4O6/c1-12(2)10-17(22(31)32)25-20(29)16(11-15-8-6-5-7-9-15)24-21(30)18(14(4)27)26-19(28)13(3)23/h5-9,12-14,16-18,27H,10-11,23H2,1-4H3,(H,24,30)(H,25,29)(H,26,28)(H,31,32). The summed E-state index contributed by atoms with van der Waals surface area (Å²) < 4.78 is 0. The lowest BCUT2D eigenvalue weighted by atomic mass is 10.0. The Kier molecular flexibility index (Phi) is 10.8. The van der Waals surface area contributed by atoms with Crippen LogP contribution in [0, 0.1) is 5.92 Å². The molecule has 5 atom stereocenters. The van der Waals surface area contributed by atoms with Crippen molar-refractivity contribution in [1.82, 2.24) is 16.0 Å². The van der Waals surface area contributed by atoms with Gasteiger partial charge in [-0.2, -0.15) is 0 Å². The Hall–Kier alpha value is -2.98. The Bertz CT molecular complexity index is 782. The van der Waals surface area contributed by atoms with Crippen LogP contribution in [0.15, 0.2) is 30.3 Å². The summed E-state index contributed by atoms with van der Waals surface area (Å²) in [5, 5.41) is 26.8. The molecule has 0 aliphatic heterocycles. The zero-order valence-corrected chi connectivity index (χ0v) is 18.9. The first-order valence-electron chi connectivity index (χ1n) is 10.5. The first-order chi connectivity index (χ1) is 14.9. The summed E-state index contributed by atoms with van der Waals surface area (Å²) in [4.78, 5) is 49.3. The van der Waals surface area contributed by atoms with Crippen molar-refractivity contribution in [3.8, 4) is 0 Å². The molecule has 1 rings (SSSR count). The number of aliphatic hydroxyl groups excluding tert-OH is 1. The summed E-state index contributed by atoms with van der Waals surface area (Å²) in [6.07, 6.45) is -0.959. The van der Waals surface area contributed by atoms with Gasteiger partial charge in [-0.05, 0) is 31.7 Å². The number of carbonyl (C=O) groups is 4. The first-order valence-corrected chi connectivity index (χ1v) is 10.5. The van der Waals surface area contributed by atoms with E-state index in [1.165, 1.54) is 13.8 Å². The Labute approximate surface area is 187 Å². The molecule has 0 aliphatic rings. The number of rotatable bonds is 12. The van der Waals surface area contributed by atoms with Gasteiger partial charge in [-0.15, -0.1) is 0 Å². The number of carboxylic acids is 1. The maximum atomic E-state index is 12.9. The molecule has 0 saturated carbocycles. The third kappa shape index (κ3) is 9.03. The second-order valence-corrected chi connectivity index (χ2v) is 8.30. The highest BCUT2D eigenvalue weighted by molar-refractivity contribution is 5.94. The lowest BCUT2D eigenvalue weighted by Gasteiger charge is -2.26. The van der Waals surface area contributed by atoms with Crippen LogP contribution in [0.5, 0.6) is 0 Å². The summed E-state index contributed by atoms with van der Waals surface area (Å²) >= 11 is 0. The molecule has 0 aromatic heterocycles. The average Bonchev–Trinajstić information content (AvgIpc) is 2.70. The van der Waals surface area contributed by atoms with E-state index in [1.807, 2.05) is 13.8 Å². The maximum absolute atomic E-state index is 12.9. The van der Waals surface area contributed by atoms with Gasteiger partial charge in [-0.1, -0.05) is 44.2 Å². The zero-order valence-electron chi connectivity index (χ0n) is 18.9. The van der Waals surface area contributed by atoms with E-state index < -0.39 is 54.0 Å². The highest BCUT2D eigenvalue weighted by atomic mass is 16.4. The van der Waals surface area contributed by atoms with Crippen LogP contribution >= 0.6 is 0 Å². The number of amides is 3. The fourth-order valence-corrected chi connectivity index (χ4v) is 2.98. The number of hydrogen-bond donors (Lipinski definition) is 6. The normalized spacial score (nSPS) is 15.7. The van der Waals surface area contributed by atoms with Crippen LogP contribution in [0.2, 0.25) is 0 Å². The molecule has 178 valence electrons. The van der Waals surface area contributed by atoms with E-state index in [-0.39, 0.29) is 18.8 Å². The molecule has 0 fully saturated rings. The topological polar surface area (TPSA) is 171 Å². The van der Waals surface area contributed by atoms with Gasteiger partial charge in [0.25, 0.3) is 0 Å². The van der Waals surface area contributed by atoms with Crippen molar-refractivity contribution >= 4 is 23.7 Å². The lowest BCUT2D eigenvalue weighted by Crippen LogP contribution is -2.60. The molecule has 0 saturated heterocycles.